The van der Waals surface area contributed by atoms with Gasteiger partial charge in [0.2, 0.25) is 0 Å². The zero-order valence-electron chi connectivity index (χ0n) is 40.6. The molecule has 0 aliphatic rings. The summed E-state index contributed by atoms with van der Waals surface area (Å²) in [6, 6.07) is 3.37. The second-order valence-electron chi connectivity index (χ2n) is 20.3. The fourth-order valence-electron chi connectivity index (χ4n) is 8.38. The first-order valence-electron chi connectivity index (χ1n) is 25.3. The smallest absolute Gasteiger partial charge is 0.347 e. The van der Waals surface area contributed by atoms with Crippen LogP contribution in [0.25, 0.3) is 0 Å². The van der Waals surface area contributed by atoms with E-state index in [4.69, 9.17) is 9.26 Å². The number of hydrogen-bond acceptors (Lipinski definition) is 4. The van der Waals surface area contributed by atoms with E-state index in [0.717, 1.165) is 43.2 Å². The Labute approximate surface area is 371 Å². The summed E-state index contributed by atoms with van der Waals surface area (Å²) in [6.07, 6.45) is 40.4. The molecule has 0 saturated carbocycles. The van der Waals surface area contributed by atoms with Gasteiger partial charge in [-0.1, -0.05) is 248 Å². The molecule has 0 aliphatic heterocycles. The quantitative estimate of drug-likeness (QED) is 0.0446. The molecule has 0 bridgehead atoms. The Bertz CT molecular complexity index is 1260. The van der Waals surface area contributed by atoms with Gasteiger partial charge in [-0.3, -0.25) is 9.13 Å². The van der Waals surface area contributed by atoms with Crippen LogP contribution in [0, 0.1) is 0 Å². The zero-order valence-corrected chi connectivity index (χ0v) is 42.4. The lowest BCUT2D eigenvalue weighted by Gasteiger charge is -2.32. The van der Waals surface area contributed by atoms with Crippen LogP contribution in [0.5, 0.6) is 5.75 Å². The molecular weight excluding hydrogens is 787 g/mol. The monoisotopic (exact) mass is 885 g/mol. The second-order valence-corrected chi connectivity index (χ2v) is 24.3. The van der Waals surface area contributed by atoms with Gasteiger partial charge in [0.05, 0.1) is 13.2 Å². The molecule has 9 heteroatoms. The van der Waals surface area contributed by atoms with Gasteiger partial charge < -0.3 is 23.9 Å². The summed E-state index contributed by atoms with van der Waals surface area (Å²) in [5, 5.41) is -1.97. The lowest BCUT2D eigenvalue weighted by molar-refractivity contribution is 0.246. The van der Waals surface area contributed by atoms with E-state index in [-0.39, 0.29) is 12.2 Å². The van der Waals surface area contributed by atoms with Crippen molar-refractivity contribution < 1.29 is 33.1 Å². The van der Waals surface area contributed by atoms with Gasteiger partial charge in [0.15, 0.2) is 5.40 Å². The van der Waals surface area contributed by atoms with E-state index in [0.29, 0.717) is 18.8 Å². The number of benzene rings is 1. The lowest BCUT2D eigenvalue weighted by atomic mass is 9.78. The summed E-state index contributed by atoms with van der Waals surface area (Å²) in [7, 11) is -9.86. The van der Waals surface area contributed by atoms with Crippen LogP contribution >= 0.6 is 15.2 Å². The van der Waals surface area contributed by atoms with Gasteiger partial charge in [-0.05, 0) is 41.4 Å². The molecule has 2 unspecified atom stereocenters. The highest BCUT2D eigenvalue weighted by atomic mass is 31.2. The second kappa shape index (κ2) is 32.9. The average molecular weight is 885 g/mol. The fourth-order valence-corrected chi connectivity index (χ4v) is 11.7. The third-order valence-electron chi connectivity index (χ3n) is 12.2. The molecule has 0 saturated heterocycles. The molecule has 7 nitrogen and oxygen atoms in total. The molecule has 0 spiro atoms. The minimum Gasteiger partial charge on any atom is -0.493 e. The first kappa shape index (κ1) is 57.3. The maximum Gasteiger partial charge on any atom is 0.347 e. The van der Waals surface area contributed by atoms with Crippen molar-refractivity contribution in [2.24, 2.45) is 0 Å². The molecule has 0 amide bonds. The summed E-state index contributed by atoms with van der Waals surface area (Å²) in [6.45, 7) is 17.3. The summed E-state index contributed by atoms with van der Waals surface area (Å²) in [4.78, 5) is 32.4. The van der Waals surface area contributed by atoms with Crippen LogP contribution in [0.3, 0.4) is 0 Å². The van der Waals surface area contributed by atoms with Crippen LogP contribution in [-0.2, 0) is 24.5 Å². The molecule has 2 atom stereocenters. The highest BCUT2D eigenvalue weighted by molar-refractivity contribution is 7.70. The van der Waals surface area contributed by atoms with Crippen LogP contribution in [0.2, 0.25) is 0 Å². The Hall–Kier alpha value is -0.680. The molecule has 354 valence electrons. The van der Waals surface area contributed by atoms with Crippen LogP contribution < -0.4 is 4.74 Å². The van der Waals surface area contributed by atoms with E-state index in [9.17, 15) is 23.8 Å². The van der Waals surface area contributed by atoms with Crippen LogP contribution in [0.15, 0.2) is 12.1 Å². The Morgan fingerprint density at radius 3 is 0.983 bits per heavy atom. The van der Waals surface area contributed by atoms with E-state index < -0.39 is 31.4 Å². The molecule has 60 heavy (non-hydrogen) atoms. The summed E-state index contributed by atoms with van der Waals surface area (Å²) < 4.78 is 38.9. The maximum absolute atomic E-state index is 13.8. The van der Waals surface area contributed by atoms with Gasteiger partial charge in [0.25, 0.3) is 0 Å². The molecule has 0 aliphatic carbocycles. The van der Waals surface area contributed by atoms with Gasteiger partial charge in [-0.2, -0.15) is 0 Å². The first-order chi connectivity index (χ1) is 28.5. The largest absolute Gasteiger partial charge is 0.493 e. The Morgan fingerprint density at radius 2 is 0.717 bits per heavy atom. The SMILES string of the molecule is CCCCCCCCCCCCCCCCCCOc1c(C(C)(C)C)cc(C(P(=O)(O)O)P(=O)(O)OCCCCCCCCCCCCCCCCCC)cc1C(C)(C)C. The highest BCUT2D eigenvalue weighted by Crippen LogP contribution is 2.72. The van der Waals surface area contributed by atoms with Gasteiger partial charge in [0.1, 0.15) is 5.75 Å². The predicted molar refractivity (Wildman–Crippen MR) is 259 cm³/mol. The van der Waals surface area contributed by atoms with Crippen molar-refractivity contribution in [3.63, 3.8) is 0 Å². The third kappa shape index (κ3) is 26.8. The fraction of sp³-hybridized carbons (Fsp3) is 0.882. The zero-order chi connectivity index (χ0) is 44.8. The van der Waals surface area contributed by atoms with Crippen LogP contribution in [0.1, 0.15) is 283 Å². The Kier molecular flexibility index (Phi) is 31.4. The number of rotatable bonds is 39. The number of hydrogen-bond donors (Lipinski definition) is 3. The first-order valence-corrected chi connectivity index (χ1v) is 28.6. The van der Waals surface area contributed by atoms with E-state index >= 15 is 0 Å². The van der Waals surface area contributed by atoms with Crippen molar-refractivity contribution in [2.75, 3.05) is 13.2 Å². The predicted octanol–water partition coefficient (Wildman–Crippen LogP) is 17.6. The molecule has 3 N–H and O–H groups in total. The van der Waals surface area contributed by atoms with E-state index in [2.05, 4.69) is 13.8 Å². The van der Waals surface area contributed by atoms with Gasteiger partial charge >= 0.3 is 15.2 Å². The van der Waals surface area contributed by atoms with Crippen molar-refractivity contribution in [3.05, 3.63) is 28.8 Å². The van der Waals surface area contributed by atoms with Gasteiger partial charge in [-0.25, -0.2) is 0 Å². The van der Waals surface area contributed by atoms with E-state index in [1.54, 1.807) is 12.1 Å². The average Bonchev–Trinajstić information content (AvgIpc) is 3.16. The van der Waals surface area contributed by atoms with Crippen molar-refractivity contribution in [2.45, 2.75) is 277 Å². The van der Waals surface area contributed by atoms with Gasteiger partial charge in [-0.15, -0.1) is 0 Å². The number of ether oxygens (including phenoxy) is 1. The molecule has 0 heterocycles. The molecule has 1 aromatic carbocycles. The summed E-state index contributed by atoms with van der Waals surface area (Å²) in [5.41, 5.74) is 0.779. The molecule has 1 rings (SSSR count). The maximum atomic E-state index is 13.8. The lowest BCUT2D eigenvalue weighted by Crippen LogP contribution is -2.21. The minimum absolute atomic E-state index is 0.0124. The molecule has 0 aromatic heterocycles. The topological polar surface area (TPSA) is 113 Å². The van der Waals surface area contributed by atoms with Crippen molar-refractivity contribution in [1.29, 1.82) is 0 Å². The summed E-state index contributed by atoms with van der Waals surface area (Å²) >= 11 is 0. The molecule has 0 fully saturated rings. The van der Waals surface area contributed by atoms with Crippen molar-refractivity contribution in [3.8, 4) is 5.75 Å². The number of unbranched alkanes of at least 4 members (excludes halogenated alkanes) is 30. The molecule has 0 radical (unpaired) electrons. The highest BCUT2D eigenvalue weighted by Gasteiger charge is 2.48. The van der Waals surface area contributed by atoms with E-state index in [1.807, 2.05) is 41.5 Å². The van der Waals surface area contributed by atoms with E-state index in [1.165, 1.54) is 167 Å². The van der Waals surface area contributed by atoms with Crippen molar-refractivity contribution in [1.82, 2.24) is 0 Å². The van der Waals surface area contributed by atoms with Gasteiger partial charge in [0, 0.05) is 11.1 Å². The van der Waals surface area contributed by atoms with Crippen molar-refractivity contribution >= 4 is 15.2 Å². The van der Waals surface area contributed by atoms with Crippen LogP contribution in [0.4, 0.5) is 0 Å². The Morgan fingerprint density at radius 1 is 0.450 bits per heavy atom. The molecular formula is C51H98O7P2. The third-order valence-corrected chi connectivity index (χ3v) is 16.4. The minimum atomic E-state index is -5.11. The van der Waals surface area contributed by atoms with Crippen LogP contribution in [-0.4, -0.2) is 27.9 Å². The molecule has 1 aromatic rings. The summed E-state index contributed by atoms with van der Waals surface area (Å²) in [5.74, 6) is 0.714. The standard InChI is InChI=1S/C51H98O7P2/c1-9-11-13-15-17-19-21-23-25-27-29-31-33-35-37-39-41-57-48-46(50(3,4)5)43-45(44-47(48)51(6,7)8)49(59(52,53)54)60(55,56)58-42-40-38-36-34-32-30-28-26-24-22-20-18-16-14-12-10-2/h43-44,49H,9-42H2,1-8H3,(H,55,56)(H2,52,53,54). The Balaban J connectivity index is 2.65. The normalized spacial score (nSPS) is 14.1.